The maximum absolute atomic E-state index is 12.7. The minimum Gasteiger partial charge on any atom is -0.497 e. The maximum Gasteiger partial charge on any atom is 0.340 e. The first kappa shape index (κ1) is 24.7. The molecular formula is C24H29N3O5. The Morgan fingerprint density at radius 3 is 2.44 bits per heavy atom. The van der Waals surface area contributed by atoms with E-state index in [1.54, 1.807) is 45.2 Å². The zero-order valence-electron chi connectivity index (χ0n) is 19.0. The Morgan fingerprint density at radius 1 is 1.12 bits per heavy atom. The summed E-state index contributed by atoms with van der Waals surface area (Å²) in [6.07, 6.45) is 2.73. The predicted molar refractivity (Wildman–Crippen MR) is 121 cm³/mol. The molecule has 0 fully saturated rings. The lowest BCUT2D eigenvalue weighted by atomic mass is 9.94. The van der Waals surface area contributed by atoms with Gasteiger partial charge >= 0.3 is 11.9 Å². The Morgan fingerprint density at radius 2 is 1.84 bits per heavy atom. The van der Waals surface area contributed by atoms with E-state index in [1.165, 1.54) is 7.11 Å². The Hall–Kier alpha value is -3.60. The minimum atomic E-state index is -0.519. The van der Waals surface area contributed by atoms with Crippen molar-refractivity contribution in [2.24, 2.45) is 0 Å². The summed E-state index contributed by atoms with van der Waals surface area (Å²) in [4.78, 5) is 28.4. The molecule has 0 aliphatic carbocycles. The van der Waals surface area contributed by atoms with Gasteiger partial charge in [-0.05, 0) is 44.4 Å². The molecule has 0 unspecified atom stereocenters. The van der Waals surface area contributed by atoms with Crippen LogP contribution in [-0.2, 0) is 14.3 Å². The van der Waals surface area contributed by atoms with Crippen molar-refractivity contribution in [3.8, 4) is 22.9 Å². The summed E-state index contributed by atoms with van der Waals surface area (Å²) in [6, 6.07) is 9.35. The van der Waals surface area contributed by atoms with E-state index in [2.05, 4.69) is 21.1 Å². The SMILES string of the molecule is CCOC(=O)c1c(C)nc(NCCCCCC(=O)OC)c(C#N)c1-c1ccc(OC)cc1. The molecule has 0 bridgehead atoms. The second-order valence-electron chi connectivity index (χ2n) is 7.05. The summed E-state index contributed by atoms with van der Waals surface area (Å²) < 4.78 is 15.1. The fourth-order valence-electron chi connectivity index (χ4n) is 3.32. The molecule has 8 nitrogen and oxygen atoms in total. The number of esters is 2. The number of nitrogens with one attached hydrogen (secondary N) is 1. The number of carbonyl (C=O) groups excluding carboxylic acids is 2. The van der Waals surface area contributed by atoms with Crippen LogP contribution >= 0.6 is 0 Å². The standard InChI is InChI=1S/C24H29N3O5/c1-5-32-24(29)21-16(2)27-23(26-14-8-6-7-9-20(28)31-4)19(15-25)22(21)17-10-12-18(30-3)13-11-17/h10-13H,5-9,14H2,1-4H3,(H,26,27). The average molecular weight is 440 g/mol. The van der Waals surface area contributed by atoms with Crippen molar-refractivity contribution >= 4 is 17.8 Å². The van der Waals surface area contributed by atoms with Crippen molar-refractivity contribution in [3.63, 3.8) is 0 Å². The van der Waals surface area contributed by atoms with Gasteiger partial charge in [-0.2, -0.15) is 5.26 Å². The van der Waals surface area contributed by atoms with Crippen LogP contribution in [0.3, 0.4) is 0 Å². The molecule has 2 aromatic rings. The van der Waals surface area contributed by atoms with E-state index >= 15 is 0 Å². The van der Waals surface area contributed by atoms with E-state index in [1.807, 2.05) is 0 Å². The highest BCUT2D eigenvalue weighted by atomic mass is 16.5. The number of hydrogen-bond donors (Lipinski definition) is 1. The van der Waals surface area contributed by atoms with Crippen LogP contribution in [0, 0.1) is 18.3 Å². The highest BCUT2D eigenvalue weighted by Crippen LogP contribution is 2.34. The highest BCUT2D eigenvalue weighted by Gasteiger charge is 2.25. The number of aryl methyl sites for hydroxylation is 1. The lowest BCUT2D eigenvalue weighted by Gasteiger charge is -2.17. The van der Waals surface area contributed by atoms with Crippen molar-refractivity contribution in [2.75, 3.05) is 32.7 Å². The topological polar surface area (TPSA) is 111 Å². The molecule has 0 aliphatic heterocycles. The highest BCUT2D eigenvalue weighted by molar-refractivity contribution is 6.01. The van der Waals surface area contributed by atoms with Gasteiger partial charge in [0.15, 0.2) is 0 Å². The van der Waals surface area contributed by atoms with Gasteiger partial charge in [-0.3, -0.25) is 4.79 Å². The number of benzene rings is 1. The zero-order chi connectivity index (χ0) is 23.5. The molecule has 1 heterocycles. The van der Waals surface area contributed by atoms with Gasteiger partial charge in [0.2, 0.25) is 0 Å². The third-order valence-electron chi connectivity index (χ3n) is 4.93. The molecule has 0 spiro atoms. The van der Waals surface area contributed by atoms with Gasteiger partial charge in [-0.1, -0.05) is 18.6 Å². The largest absolute Gasteiger partial charge is 0.497 e. The molecule has 0 aliphatic rings. The van der Waals surface area contributed by atoms with E-state index in [0.717, 1.165) is 19.3 Å². The molecular weight excluding hydrogens is 410 g/mol. The Balaban J connectivity index is 2.35. The molecule has 0 amide bonds. The predicted octanol–water partition coefficient (Wildman–Crippen LogP) is 4.26. The van der Waals surface area contributed by atoms with Crippen LogP contribution in [0.2, 0.25) is 0 Å². The number of nitrogens with zero attached hydrogens (tertiary/aromatic N) is 2. The molecule has 170 valence electrons. The van der Waals surface area contributed by atoms with Gasteiger partial charge < -0.3 is 19.5 Å². The summed E-state index contributed by atoms with van der Waals surface area (Å²) in [7, 11) is 2.95. The third-order valence-corrected chi connectivity index (χ3v) is 4.93. The fourth-order valence-corrected chi connectivity index (χ4v) is 3.32. The number of nitriles is 1. The van der Waals surface area contributed by atoms with Crippen LogP contribution in [0.25, 0.3) is 11.1 Å². The van der Waals surface area contributed by atoms with Crippen molar-refractivity contribution in [3.05, 3.63) is 41.1 Å². The average Bonchev–Trinajstić information content (AvgIpc) is 2.80. The van der Waals surface area contributed by atoms with Crippen LogP contribution in [-0.4, -0.2) is 44.3 Å². The minimum absolute atomic E-state index is 0.216. The number of ether oxygens (including phenoxy) is 3. The van der Waals surface area contributed by atoms with Crippen LogP contribution in [0.4, 0.5) is 5.82 Å². The molecule has 0 atom stereocenters. The normalized spacial score (nSPS) is 10.2. The molecule has 8 heteroatoms. The van der Waals surface area contributed by atoms with Crippen LogP contribution in [0.5, 0.6) is 5.75 Å². The van der Waals surface area contributed by atoms with E-state index in [0.29, 0.717) is 41.4 Å². The first-order valence-corrected chi connectivity index (χ1v) is 10.5. The molecule has 32 heavy (non-hydrogen) atoms. The van der Waals surface area contributed by atoms with Gasteiger partial charge in [0.05, 0.1) is 32.1 Å². The molecule has 0 saturated carbocycles. The van der Waals surface area contributed by atoms with E-state index < -0.39 is 5.97 Å². The smallest absolute Gasteiger partial charge is 0.340 e. The summed E-state index contributed by atoms with van der Waals surface area (Å²) >= 11 is 0. The van der Waals surface area contributed by atoms with Crippen LogP contribution in [0.15, 0.2) is 24.3 Å². The lowest BCUT2D eigenvalue weighted by molar-refractivity contribution is -0.140. The van der Waals surface area contributed by atoms with Crippen molar-refractivity contribution < 1.29 is 23.8 Å². The number of pyridine rings is 1. The molecule has 1 aromatic carbocycles. The van der Waals surface area contributed by atoms with E-state index in [9.17, 15) is 14.9 Å². The number of unbranched alkanes of at least 4 members (excludes halogenated alkanes) is 2. The molecule has 2 rings (SSSR count). The van der Waals surface area contributed by atoms with E-state index in [-0.39, 0.29) is 23.7 Å². The van der Waals surface area contributed by atoms with Gasteiger partial charge in [0.25, 0.3) is 0 Å². The second-order valence-corrected chi connectivity index (χ2v) is 7.05. The second kappa shape index (κ2) is 12.3. The first-order valence-electron chi connectivity index (χ1n) is 10.5. The number of aromatic nitrogens is 1. The number of carbonyl (C=O) groups is 2. The van der Waals surface area contributed by atoms with Crippen molar-refractivity contribution in [1.82, 2.24) is 4.98 Å². The zero-order valence-corrected chi connectivity index (χ0v) is 19.0. The van der Waals surface area contributed by atoms with Crippen molar-refractivity contribution in [2.45, 2.75) is 39.5 Å². The summed E-state index contributed by atoms with van der Waals surface area (Å²) in [5, 5.41) is 13.2. The molecule has 0 saturated heterocycles. The Bertz CT molecular complexity index is 981. The Labute approximate surface area is 188 Å². The van der Waals surface area contributed by atoms with Crippen LogP contribution in [0.1, 0.15) is 54.2 Å². The monoisotopic (exact) mass is 439 g/mol. The van der Waals surface area contributed by atoms with Gasteiger partial charge in [-0.15, -0.1) is 0 Å². The molecule has 1 N–H and O–H groups in total. The lowest BCUT2D eigenvalue weighted by Crippen LogP contribution is -2.15. The summed E-state index contributed by atoms with van der Waals surface area (Å²) in [5.41, 5.74) is 2.20. The van der Waals surface area contributed by atoms with E-state index in [4.69, 9.17) is 9.47 Å². The van der Waals surface area contributed by atoms with Gasteiger partial charge in [0.1, 0.15) is 23.2 Å². The molecule has 0 radical (unpaired) electrons. The van der Waals surface area contributed by atoms with Gasteiger partial charge in [0, 0.05) is 18.5 Å². The number of methoxy groups -OCH3 is 2. The number of hydrogen-bond acceptors (Lipinski definition) is 8. The summed E-state index contributed by atoms with van der Waals surface area (Å²) in [5.74, 6) is 0.341. The Kier molecular flexibility index (Phi) is 9.48. The number of anilines is 1. The number of rotatable bonds is 11. The summed E-state index contributed by atoms with van der Waals surface area (Å²) in [6.45, 7) is 4.24. The fraction of sp³-hybridized carbons (Fsp3) is 0.417. The van der Waals surface area contributed by atoms with Crippen molar-refractivity contribution in [1.29, 1.82) is 5.26 Å². The van der Waals surface area contributed by atoms with Crippen LogP contribution < -0.4 is 10.1 Å². The first-order chi connectivity index (χ1) is 15.5. The van der Waals surface area contributed by atoms with Gasteiger partial charge in [-0.25, -0.2) is 9.78 Å². The molecule has 1 aromatic heterocycles. The third kappa shape index (κ3) is 6.20. The quantitative estimate of drug-likeness (QED) is 0.408. The maximum atomic E-state index is 12.7.